The van der Waals surface area contributed by atoms with Gasteiger partial charge in [-0.15, -0.1) is 0 Å². The zero-order valence-corrected chi connectivity index (χ0v) is 18.9. The van der Waals surface area contributed by atoms with Gasteiger partial charge in [0, 0.05) is 23.7 Å². The number of aliphatic hydroxyl groups excluding tert-OH is 1. The van der Waals surface area contributed by atoms with Crippen LogP contribution in [0, 0.1) is 5.41 Å². The number of nitrogens with two attached hydrogens (primary N) is 1. The number of alkyl halides is 2. The second-order valence-electron chi connectivity index (χ2n) is 7.84. The van der Waals surface area contributed by atoms with Gasteiger partial charge in [-0.25, -0.2) is 8.78 Å². The summed E-state index contributed by atoms with van der Waals surface area (Å²) in [6.45, 7) is -1.59. The molecule has 3 rings (SSSR count). The smallest absolute Gasteiger partial charge is 0.256 e. The van der Waals surface area contributed by atoms with Crippen molar-refractivity contribution in [1.82, 2.24) is 10.2 Å². The number of halogens is 3. The van der Waals surface area contributed by atoms with Crippen molar-refractivity contribution in [3.8, 4) is 5.75 Å². The van der Waals surface area contributed by atoms with Crippen molar-refractivity contribution in [3.63, 3.8) is 0 Å². The van der Waals surface area contributed by atoms with E-state index in [0.717, 1.165) is 5.56 Å². The molecule has 0 unspecified atom stereocenters. The second kappa shape index (κ2) is 11.3. The first kappa shape index (κ1) is 25.4. The molecule has 0 radical (unpaired) electrons. The molecule has 34 heavy (non-hydrogen) atoms. The number of benzene rings is 2. The summed E-state index contributed by atoms with van der Waals surface area (Å²) >= 11 is 6.02. The first-order valence-corrected chi connectivity index (χ1v) is 10.9. The van der Waals surface area contributed by atoms with E-state index in [1.165, 1.54) is 23.1 Å². The van der Waals surface area contributed by atoms with E-state index in [0.29, 0.717) is 12.0 Å². The molecule has 0 spiro atoms. The van der Waals surface area contributed by atoms with E-state index in [2.05, 4.69) is 5.32 Å². The summed E-state index contributed by atoms with van der Waals surface area (Å²) in [4.78, 5) is 26.7. The Bertz CT molecular complexity index is 1050. The van der Waals surface area contributed by atoms with Gasteiger partial charge in [0.15, 0.2) is 12.2 Å². The number of carbonyl (C=O) groups excluding carboxylic acids is 2. The molecular formula is C23H25ClF2N4O4. The molecule has 1 aliphatic rings. The molecule has 5 N–H and O–H groups in total. The Morgan fingerprint density at radius 3 is 2.47 bits per heavy atom. The molecule has 2 atom stereocenters. The van der Waals surface area contributed by atoms with Crippen LogP contribution in [0.4, 0.5) is 8.78 Å². The van der Waals surface area contributed by atoms with Crippen molar-refractivity contribution in [2.75, 3.05) is 19.9 Å². The Hall–Kier alpha value is -3.24. The van der Waals surface area contributed by atoms with Gasteiger partial charge in [0.1, 0.15) is 31.0 Å². The monoisotopic (exact) mass is 494 g/mol. The fraction of sp³-hybridized carbons (Fsp3) is 0.348. The van der Waals surface area contributed by atoms with Crippen molar-refractivity contribution >= 4 is 29.3 Å². The zero-order chi connectivity index (χ0) is 24.8. The van der Waals surface area contributed by atoms with Crippen LogP contribution in [0.25, 0.3) is 0 Å². The van der Waals surface area contributed by atoms with Gasteiger partial charge in [0.05, 0.1) is 0 Å². The summed E-state index contributed by atoms with van der Waals surface area (Å²) < 4.78 is 30.7. The summed E-state index contributed by atoms with van der Waals surface area (Å²) in [5, 5.41) is 20.9. The van der Waals surface area contributed by atoms with Crippen LogP contribution in [0.1, 0.15) is 29.2 Å². The van der Waals surface area contributed by atoms with Crippen LogP contribution in [-0.4, -0.2) is 59.7 Å². The number of likely N-dealkylation sites (tertiary alicyclic amines) is 1. The summed E-state index contributed by atoms with van der Waals surface area (Å²) in [6, 6.07) is 10.0. The number of nitrogens with zero attached hydrogens (tertiary/aromatic N) is 1. The van der Waals surface area contributed by atoms with Crippen molar-refractivity contribution in [2.24, 2.45) is 5.73 Å². The summed E-state index contributed by atoms with van der Waals surface area (Å²) in [5.74, 6) is -1.10. The number of rotatable bonds is 10. The highest BCUT2D eigenvalue weighted by molar-refractivity contribution is 6.30. The van der Waals surface area contributed by atoms with Crippen molar-refractivity contribution < 1.29 is 28.2 Å². The average molecular weight is 495 g/mol. The molecule has 1 fully saturated rings. The van der Waals surface area contributed by atoms with Crippen molar-refractivity contribution in [3.05, 3.63) is 64.2 Å². The van der Waals surface area contributed by atoms with E-state index >= 15 is 0 Å². The molecule has 0 saturated carbocycles. The van der Waals surface area contributed by atoms with Crippen LogP contribution in [-0.2, 0) is 16.1 Å². The Kier molecular flexibility index (Phi) is 8.41. The first-order chi connectivity index (χ1) is 16.2. The summed E-state index contributed by atoms with van der Waals surface area (Å²) in [5.41, 5.74) is 6.87. The zero-order valence-electron chi connectivity index (χ0n) is 18.1. The largest absolute Gasteiger partial charge is 0.485 e. The van der Waals surface area contributed by atoms with Crippen molar-refractivity contribution in [1.29, 1.82) is 5.41 Å². The number of amidine groups is 1. The van der Waals surface area contributed by atoms with Crippen LogP contribution in [0.2, 0.25) is 5.02 Å². The highest BCUT2D eigenvalue weighted by atomic mass is 35.5. The predicted molar refractivity (Wildman–Crippen MR) is 122 cm³/mol. The quantitative estimate of drug-likeness (QED) is 0.297. The van der Waals surface area contributed by atoms with E-state index in [9.17, 15) is 23.5 Å². The molecule has 182 valence electrons. The van der Waals surface area contributed by atoms with Crippen LogP contribution < -0.4 is 15.8 Å². The third-order valence-electron chi connectivity index (χ3n) is 5.43. The van der Waals surface area contributed by atoms with Gasteiger partial charge in [-0.05, 0) is 35.7 Å². The minimum Gasteiger partial charge on any atom is -0.485 e. The van der Waals surface area contributed by atoms with E-state index in [1.807, 2.05) is 0 Å². The fourth-order valence-electron chi connectivity index (χ4n) is 3.44. The van der Waals surface area contributed by atoms with Gasteiger partial charge in [-0.1, -0.05) is 35.9 Å². The normalized spacial score (nSPS) is 16.0. The van der Waals surface area contributed by atoms with E-state index < -0.39 is 37.5 Å². The Morgan fingerprint density at radius 2 is 1.91 bits per heavy atom. The van der Waals surface area contributed by atoms with Crippen LogP contribution in [0.3, 0.4) is 0 Å². The Morgan fingerprint density at radius 1 is 1.24 bits per heavy atom. The Labute approximate surface area is 200 Å². The lowest BCUT2D eigenvalue weighted by atomic mass is 9.98. The number of hydrogen-bond acceptors (Lipinski definition) is 5. The van der Waals surface area contributed by atoms with E-state index in [1.54, 1.807) is 24.3 Å². The van der Waals surface area contributed by atoms with E-state index in [4.69, 9.17) is 27.5 Å². The lowest BCUT2D eigenvalue weighted by Gasteiger charge is -2.40. The molecular weight excluding hydrogens is 470 g/mol. The molecule has 0 aromatic heterocycles. The Balaban J connectivity index is 1.61. The molecule has 8 nitrogen and oxygen atoms in total. The van der Waals surface area contributed by atoms with Gasteiger partial charge >= 0.3 is 0 Å². The molecule has 2 aromatic carbocycles. The molecule has 1 saturated heterocycles. The maximum Gasteiger partial charge on any atom is 0.256 e. The molecule has 2 amide bonds. The third-order valence-corrected chi connectivity index (χ3v) is 5.65. The molecule has 2 aromatic rings. The maximum atomic E-state index is 12.8. The number of nitrogen functional groups attached to an aromatic ring is 1. The lowest BCUT2D eigenvalue weighted by molar-refractivity contribution is -0.154. The second-order valence-corrected chi connectivity index (χ2v) is 8.27. The molecule has 11 heteroatoms. The third kappa shape index (κ3) is 6.00. The fourth-order valence-corrected chi connectivity index (χ4v) is 3.67. The highest BCUT2D eigenvalue weighted by Gasteiger charge is 2.40. The number of carbonyl (C=O) groups is 2. The highest BCUT2D eigenvalue weighted by Crippen LogP contribution is 2.29. The average Bonchev–Trinajstić information content (AvgIpc) is 2.79. The van der Waals surface area contributed by atoms with Gasteiger partial charge in [0.2, 0.25) is 5.91 Å². The summed E-state index contributed by atoms with van der Waals surface area (Å²) in [7, 11) is 0. The first-order valence-electron chi connectivity index (χ1n) is 10.5. The number of aliphatic hydroxyl groups is 1. The van der Waals surface area contributed by atoms with Crippen molar-refractivity contribution in [2.45, 2.75) is 31.2 Å². The van der Waals surface area contributed by atoms with Gasteiger partial charge in [-0.2, -0.15) is 0 Å². The molecule has 0 aliphatic carbocycles. The van der Waals surface area contributed by atoms with Gasteiger partial charge in [-0.3, -0.25) is 15.0 Å². The minimum absolute atomic E-state index is 0.0170. The number of ether oxygens (including phenoxy) is 1. The molecule has 0 bridgehead atoms. The SMILES string of the molecule is N=C(N)c1ccc(CNC(=O)[C@@H]2CCN2C(=O)[C@H](O)c2cc(Cl)cc(OC(CF)CF)c2)cc1. The topological polar surface area (TPSA) is 129 Å². The number of hydrogen-bond donors (Lipinski definition) is 4. The predicted octanol–water partition coefficient (Wildman–Crippen LogP) is 2.26. The number of amides is 2. The maximum absolute atomic E-state index is 12.8. The summed E-state index contributed by atoms with van der Waals surface area (Å²) in [6.07, 6.45) is -2.52. The van der Waals surface area contributed by atoms with Gasteiger partial charge < -0.3 is 25.8 Å². The van der Waals surface area contributed by atoms with Crippen LogP contribution in [0.5, 0.6) is 5.75 Å². The van der Waals surface area contributed by atoms with Gasteiger partial charge in [0.25, 0.3) is 5.91 Å². The van der Waals surface area contributed by atoms with E-state index in [-0.39, 0.29) is 41.2 Å². The lowest BCUT2D eigenvalue weighted by Crippen LogP contribution is -2.59. The van der Waals surface area contributed by atoms with Crippen LogP contribution >= 0.6 is 11.6 Å². The minimum atomic E-state index is -1.63. The molecule has 1 heterocycles. The van der Waals surface area contributed by atoms with Crippen LogP contribution in [0.15, 0.2) is 42.5 Å². The number of nitrogens with one attached hydrogen (secondary N) is 2. The standard InChI is InChI=1S/C23H25ClF2N4O4/c24-16-7-15(8-17(9-16)34-18(10-25)11-26)20(31)23(33)30-6-5-19(30)22(32)29-12-13-1-3-14(4-2-13)21(27)28/h1-4,7-9,18-20,31H,5-6,10-12H2,(H3,27,28)(H,29,32)/t19-,20+/m0/s1. The molecule has 1 aliphatic heterocycles.